The number of rotatable bonds is 1. The first-order valence-electron chi connectivity index (χ1n) is 8.72. The highest BCUT2D eigenvalue weighted by molar-refractivity contribution is 5.97. The predicted octanol–water partition coefficient (Wildman–Crippen LogP) is 1.44. The number of Topliss-reactive ketones (excluding diaryl/α,β-unsaturated/α-hetero) is 1. The van der Waals surface area contributed by atoms with Gasteiger partial charge in [0.1, 0.15) is 29.7 Å². The molecule has 8 heteroatoms. The van der Waals surface area contributed by atoms with Gasteiger partial charge in [0.2, 0.25) is 5.91 Å². The highest BCUT2D eigenvalue weighted by Gasteiger charge is 2.27. The third kappa shape index (κ3) is 5.43. The maximum absolute atomic E-state index is 12.5. The Morgan fingerprint density at radius 3 is 2.64 bits per heavy atom. The minimum Gasteiger partial charge on any atom is -0.508 e. The molecule has 1 heterocycles. The summed E-state index contributed by atoms with van der Waals surface area (Å²) in [5.41, 5.74) is 0.666. The molecule has 1 aliphatic rings. The molecule has 0 radical (unpaired) electrons. The summed E-state index contributed by atoms with van der Waals surface area (Å²) >= 11 is 0. The van der Waals surface area contributed by atoms with Gasteiger partial charge in [-0.15, -0.1) is 0 Å². The van der Waals surface area contributed by atoms with Crippen LogP contribution in [0.2, 0.25) is 0 Å². The van der Waals surface area contributed by atoms with Gasteiger partial charge >= 0.3 is 5.97 Å². The van der Waals surface area contributed by atoms with Gasteiger partial charge in [-0.25, -0.2) is 4.79 Å². The zero-order chi connectivity index (χ0) is 20.8. The van der Waals surface area contributed by atoms with Crippen molar-refractivity contribution in [3.05, 3.63) is 41.0 Å². The van der Waals surface area contributed by atoms with E-state index in [0.29, 0.717) is 5.57 Å². The number of phenols is 2. The van der Waals surface area contributed by atoms with E-state index in [-0.39, 0.29) is 42.1 Å². The number of allylic oxidation sites excluding steroid dienone is 1. The smallest absolute Gasteiger partial charge is 0.342 e. The van der Waals surface area contributed by atoms with E-state index in [2.05, 4.69) is 5.32 Å². The first-order valence-corrected chi connectivity index (χ1v) is 8.72. The molecule has 8 nitrogen and oxygen atoms in total. The fourth-order valence-electron chi connectivity index (χ4n) is 2.86. The SMILES string of the molecule is CC(=O)N[C@@H]1C(=O)CC(C)=CCOC(=O)c2c(O)cc(O)cc2C=CC[C@@H]1O. The molecule has 4 N–H and O–H groups in total. The Morgan fingerprint density at radius 2 is 1.96 bits per heavy atom. The van der Waals surface area contributed by atoms with Crippen molar-refractivity contribution in [2.45, 2.75) is 38.8 Å². The van der Waals surface area contributed by atoms with Crippen molar-refractivity contribution in [1.82, 2.24) is 5.32 Å². The lowest BCUT2D eigenvalue weighted by atomic mass is 9.97. The van der Waals surface area contributed by atoms with Crippen LogP contribution in [0.15, 0.2) is 29.9 Å². The molecule has 0 saturated heterocycles. The molecule has 0 bridgehead atoms. The number of nitrogens with one attached hydrogen (secondary N) is 1. The molecule has 2 rings (SSSR count). The van der Waals surface area contributed by atoms with Gasteiger partial charge in [0.05, 0.1) is 6.10 Å². The van der Waals surface area contributed by atoms with Gasteiger partial charge in [-0.1, -0.05) is 17.7 Å². The van der Waals surface area contributed by atoms with E-state index in [1.165, 1.54) is 31.2 Å². The van der Waals surface area contributed by atoms with Crippen LogP contribution < -0.4 is 5.32 Å². The van der Waals surface area contributed by atoms with Gasteiger partial charge in [-0.3, -0.25) is 9.59 Å². The third-order valence-corrected chi connectivity index (χ3v) is 4.20. The second-order valence-electron chi connectivity index (χ2n) is 6.60. The number of phenolic OH excluding ortho intramolecular Hbond substituents is 2. The normalized spacial score (nSPS) is 21.2. The molecule has 0 fully saturated rings. The Hall–Kier alpha value is -3.13. The molecule has 1 aromatic carbocycles. The zero-order valence-corrected chi connectivity index (χ0v) is 15.6. The van der Waals surface area contributed by atoms with Gasteiger partial charge in [0.25, 0.3) is 0 Å². The topological polar surface area (TPSA) is 133 Å². The van der Waals surface area contributed by atoms with Crippen molar-refractivity contribution in [3.63, 3.8) is 0 Å². The van der Waals surface area contributed by atoms with Crippen LogP contribution in [0.4, 0.5) is 0 Å². The average Bonchev–Trinajstić information content (AvgIpc) is 2.57. The number of aromatic hydroxyl groups is 2. The summed E-state index contributed by atoms with van der Waals surface area (Å²) in [6.45, 7) is 2.79. The first kappa shape index (κ1) is 21.2. The maximum Gasteiger partial charge on any atom is 0.342 e. The van der Waals surface area contributed by atoms with Gasteiger partial charge in [0.15, 0.2) is 5.78 Å². The lowest BCUT2D eigenvalue weighted by Crippen LogP contribution is -2.48. The fraction of sp³-hybridized carbons (Fsp3) is 0.350. The number of amides is 1. The second kappa shape index (κ2) is 9.18. The van der Waals surface area contributed by atoms with Crippen molar-refractivity contribution >= 4 is 23.7 Å². The van der Waals surface area contributed by atoms with E-state index in [1.807, 2.05) is 0 Å². The number of hydrogen-bond donors (Lipinski definition) is 4. The van der Waals surface area contributed by atoms with E-state index in [4.69, 9.17) is 4.74 Å². The van der Waals surface area contributed by atoms with Crippen molar-refractivity contribution in [2.75, 3.05) is 6.61 Å². The number of ketones is 1. The number of aliphatic hydroxyl groups excluding tert-OH is 1. The molecule has 150 valence electrons. The summed E-state index contributed by atoms with van der Waals surface area (Å²) in [6.07, 6.45) is 3.20. The van der Waals surface area contributed by atoms with E-state index < -0.39 is 29.8 Å². The summed E-state index contributed by atoms with van der Waals surface area (Å²) in [4.78, 5) is 36.2. The number of carbonyl (C=O) groups excluding carboxylic acids is 3. The summed E-state index contributed by atoms with van der Waals surface area (Å²) in [6, 6.07) is 1.20. The molecule has 28 heavy (non-hydrogen) atoms. The van der Waals surface area contributed by atoms with Gasteiger partial charge in [-0.2, -0.15) is 0 Å². The molecule has 1 aliphatic heterocycles. The molecule has 0 unspecified atom stereocenters. The zero-order valence-electron chi connectivity index (χ0n) is 15.6. The third-order valence-electron chi connectivity index (χ3n) is 4.20. The van der Waals surface area contributed by atoms with Crippen LogP contribution in [0, 0.1) is 0 Å². The Labute approximate surface area is 162 Å². The van der Waals surface area contributed by atoms with Crippen molar-refractivity contribution in [1.29, 1.82) is 0 Å². The minimum absolute atomic E-state index is 0.00957. The highest BCUT2D eigenvalue weighted by Crippen LogP contribution is 2.29. The van der Waals surface area contributed by atoms with E-state index >= 15 is 0 Å². The number of benzene rings is 1. The van der Waals surface area contributed by atoms with Crippen molar-refractivity contribution in [3.8, 4) is 11.5 Å². The molecular weight excluding hydrogens is 366 g/mol. The molecule has 1 amide bonds. The van der Waals surface area contributed by atoms with E-state index in [9.17, 15) is 29.7 Å². The quantitative estimate of drug-likeness (QED) is 0.422. The van der Waals surface area contributed by atoms with Crippen molar-refractivity contribution < 1.29 is 34.4 Å². The predicted molar refractivity (Wildman–Crippen MR) is 101 cm³/mol. The number of fused-ring (bicyclic) bond motifs is 1. The van der Waals surface area contributed by atoms with Gasteiger partial charge in [-0.05, 0) is 31.1 Å². The fourth-order valence-corrected chi connectivity index (χ4v) is 2.86. The number of carbonyl (C=O) groups is 3. The largest absolute Gasteiger partial charge is 0.508 e. The molecule has 1 aromatic rings. The van der Waals surface area contributed by atoms with E-state index in [0.717, 1.165) is 6.07 Å². The second-order valence-corrected chi connectivity index (χ2v) is 6.60. The Bertz CT molecular complexity index is 841. The standard InChI is InChI=1S/C20H23NO7/c1-11-6-7-28-20(27)18-13(9-14(23)10-16(18)25)4-3-5-15(24)19(17(26)8-11)21-12(2)22/h3-4,6,9-10,15,19,23-25H,5,7-8H2,1-2H3,(H,21,22)/t15-,19-/m0/s1. The number of aliphatic hydroxyl groups is 1. The van der Waals surface area contributed by atoms with Crippen LogP contribution in [0.1, 0.15) is 42.6 Å². The van der Waals surface area contributed by atoms with Gasteiger partial charge in [0, 0.05) is 19.4 Å². The number of ether oxygens (including phenoxy) is 1. The molecule has 0 aromatic heterocycles. The number of hydrogen-bond acceptors (Lipinski definition) is 7. The number of esters is 1. The highest BCUT2D eigenvalue weighted by atomic mass is 16.5. The van der Waals surface area contributed by atoms with Crippen LogP contribution in [-0.4, -0.2) is 51.7 Å². The average molecular weight is 389 g/mol. The summed E-state index contributed by atoms with van der Waals surface area (Å²) < 4.78 is 5.13. The molecule has 2 atom stereocenters. The molecule has 0 spiro atoms. The van der Waals surface area contributed by atoms with E-state index in [1.54, 1.807) is 6.92 Å². The van der Waals surface area contributed by atoms with Crippen LogP contribution in [0.5, 0.6) is 11.5 Å². The summed E-state index contributed by atoms with van der Waals surface area (Å²) in [5, 5.41) is 32.6. The Kier molecular flexibility index (Phi) is 6.94. The first-order chi connectivity index (χ1) is 13.2. The summed E-state index contributed by atoms with van der Waals surface area (Å²) in [7, 11) is 0. The Morgan fingerprint density at radius 1 is 1.25 bits per heavy atom. The van der Waals surface area contributed by atoms with Gasteiger partial charge < -0.3 is 25.4 Å². The summed E-state index contributed by atoms with van der Waals surface area (Å²) in [5.74, 6) is -2.30. The lowest BCUT2D eigenvalue weighted by Gasteiger charge is -2.22. The Balaban J connectivity index is 2.44. The van der Waals surface area contributed by atoms with Crippen LogP contribution >= 0.6 is 0 Å². The number of cyclic esters (lactones) is 1. The monoisotopic (exact) mass is 389 g/mol. The molecule has 0 aliphatic carbocycles. The molecular formula is C20H23NO7. The van der Waals surface area contributed by atoms with Crippen LogP contribution in [0.25, 0.3) is 6.08 Å². The van der Waals surface area contributed by atoms with Crippen LogP contribution in [0.3, 0.4) is 0 Å². The molecule has 0 saturated carbocycles. The minimum atomic E-state index is -1.19. The van der Waals surface area contributed by atoms with Crippen LogP contribution in [-0.2, 0) is 14.3 Å². The lowest BCUT2D eigenvalue weighted by molar-refractivity contribution is -0.129. The van der Waals surface area contributed by atoms with Crippen molar-refractivity contribution in [2.24, 2.45) is 0 Å². The maximum atomic E-state index is 12.5.